The zero-order valence-electron chi connectivity index (χ0n) is 15.0. The van der Waals surface area contributed by atoms with E-state index < -0.39 is 5.97 Å². The highest BCUT2D eigenvalue weighted by Gasteiger charge is 2.35. The fourth-order valence-corrected chi connectivity index (χ4v) is 2.98. The summed E-state index contributed by atoms with van der Waals surface area (Å²) in [5.41, 5.74) is 7.47. The largest absolute Gasteiger partial charge is 0.550 e. The summed E-state index contributed by atoms with van der Waals surface area (Å²) in [5, 5.41) is 12.4. The lowest BCUT2D eigenvalue weighted by atomic mass is 10.1. The molecule has 0 aliphatic rings. The Morgan fingerprint density at radius 1 is 1.04 bits per heavy atom. The number of carbonyl (C=O) groups excluding carboxylic acids is 2. The van der Waals surface area contributed by atoms with Crippen LogP contribution in [0.5, 0.6) is 0 Å². The van der Waals surface area contributed by atoms with Gasteiger partial charge in [-0.2, -0.15) is 5.01 Å². The smallest absolute Gasteiger partial charge is 0.273 e. The Bertz CT molecular complexity index is 531. The summed E-state index contributed by atoms with van der Waals surface area (Å²) < 4.78 is 0.506. The number of anilines is 1. The molecule has 1 amide bonds. The molecule has 0 fully saturated rings. The zero-order valence-corrected chi connectivity index (χ0v) is 15.0. The molecule has 0 saturated heterocycles. The fraction of sp³-hybridized carbons (Fsp3) is 0.556. The first-order valence-electron chi connectivity index (χ1n) is 8.62. The molecule has 2 N–H and O–H groups in total. The quantitative estimate of drug-likeness (QED) is 0.514. The van der Waals surface area contributed by atoms with Crippen molar-refractivity contribution < 1.29 is 19.3 Å². The summed E-state index contributed by atoms with van der Waals surface area (Å²) >= 11 is 0. The van der Waals surface area contributed by atoms with Crippen molar-refractivity contribution in [3.8, 4) is 0 Å². The summed E-state index contributed by atoms with van der Waals surface area (Å²) in [4.78, 5) is 23.5. The van der Waals surface area contributed by atoms with Crippen LogP contribution in [-0.4, -0.2) is 36.1 Å². The molecule has 0 aliphatic heterocycles. The lowest BCUT2D eigenvalue weighted by molar-refractivity contribution is -0.925. The minimum atomic E-state index is -1.12. The van der Waals surface area contributed by atoms with E-state index in [1.54, 1.807) is 5.01 Å². The van der Waals surface area contributed by atoms with Crippen LogP contribution in [0, 0.1) is 0 Å². The van der Waals surface area contributed by atoms with E-state index in [0.717, 1.165) is 30.9 Å². The van der Waals surface area contributed by atoms with Crippen LogP contribution < -0.4 is 15.8 Å². The van der Waals surface area contributed by atoms with Gasteiger partial charge in [0, 0.05) is 18.9 Å². The van der Waals surface area contributed by atoms with Crippen molar-refractivity contribution in [3.63, 3.8) is 0 Å². The summed E-state index contributed by atoms with van der Waals surface area (Å²) in [7, 11) is 0. The summed E-state index contributed by atoms with van der Waals surface area (Å²) in [6, 6.07) is 7.67. The van der Waals surface area contributed by atoms with Crippen LogP contribution in [0.4, 0.5) is 5.69 Å². The molecule has 6 heteroatoms. The van der Waals surface area contributed by atoms with Gasteiger partial charge in [0.2, 0.25) is 0 Å². The molecule has 1 aromatic rings. The molecular formula is C18H29N3O3. The molecule has 0 spiro atoms. The fourth-order valence-electron chi connectivity index (χ4n) is 2.98. The molecule has 6 nitrogen and oxygen atoms in total. The molecule has 1 rings (SSSR count). The van der Waals surface area contributed by atoms with Crippen LogP contribution in [0.2, 0.25) is 0 Å². The topological polar surface area (TPSA) is 86.5 Å². The third kappa shape index (κ3) is 4.79. The van der Waals surface area contributed by atoms with Gasteiger partial charge in [-0.1, -0.05) is 12.1 Å². The number of nitrogens with two attached hydrogens (primary N) is 1. The Hall–Kier alpha value is -1.92. The molecule has 24 heavy (non-hydrogen) atoms. The van der Waals surface area contributed by atoms with E-state index in [1.165, 1.54) is 0 Å². The lowest BCUT2D eigenvalue weighted by Crippen LogP contribution is -2.62. The van der Waals surface area contributed by atoms with Gasteiger partial charge in [0.25, 0.3) is 5.91 Å². The number of benzene rings is 1. The van der Waals surface area contributed by atoms with Crippen molar-refractivity contribution in [3.05, 3.63) is 29.8 Å². The van der Waals surface area contributed by atoms with Gasteiger partial charge >= 0.3 is 0 Å². The standard InChI is InChI=1S/C18H29N3O3/c1-4-21(5-2,6-3)20(17(22)8-7-9-18(23)24)16-12-10-15(14-19)11-13-16/h10-13H,4-9,14,19H2,1-3H3. The van der Waals surface area contributed by atoms with Gasteiger partial charge in [-0.05, 0) is 51.3 Å². The summed E-state index contributed by atoms with van der Waals surface area (Å²) in [6.45, 7) is 8.96. The van der Waals surface area contributed by atoms with Crippen molar-refractivity contribution in [2.24, 2.45) is 5.73 Å². The number of rotatable bonds is 10. The molecule has 0 unspecified atom stereocenters. The van der Waals surface area contributed by atoms with E-state index in [4.69, 9.17) is 5.73 Å². The van der Waals surface area contributed by atoms with Gasteiger partial charge in [-0.3, -0.25) is 4.79 Å². The second-order valence-corrected chi connectivity index (χ2v) is 5.85. The third-order valence-corrected chi connectivity index (χ3v) is 4.61. The third-order valence-electron chi connectivity index (χ3n) is 4.61. The molecule has 1 aromatic carbocycles. The average molecular weight is 335 g/mol. The number of hydrogen-bond acceptors (Lipinski definition) is 4. The minimum absolute atomic E-state index is 0.0673. The highest BCUT2D eigenvalue weighted by Crippen LogP contribution is 2.25. The molecule has 0 atom stereocenters. The number of aliphatic carboxylic acids is 1. The van der Waals surface area contributed by atoms with Crippen molar-refractivity contribution in [1.29, 1.82) is 0 Å². The molecular weight excluding hydrogens is 306 g/mol. The van der Waals surface area contributed by atoms with Gasteiger partial charge in [-0.25, -0.2) is 4.59 Å². The second-order valence-electron chi connectivity index (χ2n) is 5.85. The molecule has 134 valence electrons. The number of carboxylic acids is 1. The molecule has 0 heterocycles. The second kappa shape index (κ2) is 9.39. The van der Waals surface area contributed by atoms with E-state index >= 15 is 0 Å². The zero-order chi connectivity index (χ0) is 18.2. The molecule has 0 saturated carbocycles. The van der Waals surface area contributed by atoms with Crippen LogP contribution in [0.15, 0.2) is 24.3 Å². The SMILES string of the molecule is CC[N+](CC)(CC)N(C(=O)CCCC(=O)[O-])c1ccc(CN)cc1. The number of amides is 1. The van der Waals surface area contributed by atoms with Crippen LogP contribution in [0.25, 0.3) is 0 Å². The Morgan fingerprint density at radius 3 is 2.00 bits per heavy atom. The van der Waals surface area contributed by atoms with Gasteiger partial charge < -0.3 is 15.6 Å². The Labute approximate surface area is 144 Å². The van der Waals surface area contributed by atoms with Crippen molar-refractivity contribution in [1.82, 2.24) is 0 Å². The molecule has 0 aromatic heterocycles. The highest BCUT2D eigenvalue weighted by molar-refractivity contribution is 5.91. The predicted molar refractivity (Wildman–Crippen MR) is 92.6 cm³/mol. The summed E-state index contributed by atoms with van der Waals surface area (Å²) in [6.07, 6.45) is 0.373. The van der Waals surface area contributed by atoms with Gasteiger partial charge in [-0.15, -0.1) is 0 Å². The summed E-state index contributed by atoms with van der Waals surface area (Å²) in [5.74, 6) is -1.19. The van der Waals surface area contributed by atoms with Crippen molar-refractivity contribution in [2.75, 3.05) is 24.6 Å². The Balaban J connectivity index is 3.14. The molecule has 0 bridgehead atoms. The first kappa shape index (κ1) is 20.1. The maximum absolute atomic E-state index is 12.9. The number of quaternary nitrogens is 1. The normalized spacial score (nSPS) is 11.3. The van der Waals surface area contributed by atoms with Gasteiger partial charge in [0.05, 0.1) is 25.3 Å². The van der Waals surface area contributed by atoms with Gasteiger partial charge in [0.1, 0.15) is 0 Å². The van der Waals surface area contributed by atoms with Crippen LogP contribution in [0.1, 0.15) is 45.6 Å². The number of carbonyl (C=O) groups is 2. The van der Waals surface area contributed by atoms with Crippen molar-refractivity contribution in [2.45, 2.75) is 46.6 Å². The highest BCUT2D eigenvalue weighted by atomic mass is 16.4. The maximum atomic E-state index is 12.9. The van der Waals surface area contributed by atoms with E-state index in [-0.39, 0.29) is 25.2 Å². The Kier molecular flexibility index (Phi) is 7.88. The monoisotopic (exact) mass is 335 g/mol. The Morgan fingerprint density at radius 2 is 1.58 bits per heavy atom. The van der Waals surface area contributed by atoms with Crippen LogP contribution in [-0.2, 0) is 16.1 Å². The number of nitrogens with zero attached hydrogens (tertiary/aromatic N) is 2. The molecule has 0 radical (unpaired) electrons. The van der Waals surface area contributed by atoms with Crippen molar-refractivity contribution >= 4 is 17.6 Å². The first-order chi connectivity index (χ1) is 11.4. The van der Waals surface area contributed by atoms with Gasteiger partial charge in [0.15, 0.2) is 0 Å². The number of carboxylic acid groups (broad SMARTS) is 1. The van der Waals surface area contributed by atoms with E-state index in [0.29, 0.717) is 11.1 Å². The van der Waals surface area contributed by atoms with E-state index in [1.807, 2.05) is 24.3 Å². The molecule has 0 aliphatic carbocycles. The van der Waals surface area contributed by atoms with E-state index in [2.05, 4.69) is 20.8 Å². The number of hydrogen-bond donors (Lipinski definition) is 1. The van der Waals surface area contributed by atoms with Crippen LogP contribution in [0.3, 0.4) is 0 Å². The minimum Gasteiger partial charge on any atom is -0.550 e. The first-order valence-corrected chi connectivity index (χ1v) is 8.62. The van der Waals surface area contributed by atoms with E-state index in [9.17, 15) is 14.7 Å². The lowest BCUT2D eigenvalue weighted by Gasteiger charge is -2.44. The van der Waals surface area contributed by atoms with Crippen LogP contribution >= 0.6 is 0 Å². The predicted octanol–water partition coefficient (Wildman–Crippen LogP) is 1.19. The maximum Gasteiger partial charge on any atom is 0.273 e. The average Bonchev–Trinajstić information content (AvgIpc) is 2.59.